The summed E-state index contributed by atoms with van der Waals surface area (Å²) < 4.78 is 0. The van der Waals surface area contributed by atoms with Gasteiger partial charge in [-0.15, -0.1) is 0 Å². The maximum atomic E-state index is 10.2. The van der Waals surface area contributed by atoms with E-state index in [0.717, 1.165) is 0 Å². The molecule has 10 heavy (non-hydrogen) atoms. The summed E-state index contributed by atoms with van der Waals surface area (Å²) >= 11 is 0. The minimum atomic E-state index is -1.13. The van der Waals surface area contributed by atoms with Crippen LogP contribution in [0.2, 0.25) is 0 Å². The standard InChI is InChI=1S/C5H9NO3.H2O/c1-3(7)2-4(6)5(8)9;/h4H,2,6H2,1H3,(H,8,9);1H2. The highest BCUT2D eigenvalue weighted by Crippen LogP contribution is 1.87. The first-order valence-electron chi connectivity index (χ1n) is 2.52. The molecule has 0 aliphatic heterocycles. The van der Waals surface area contributed by atoms with Crippen LogP contribution in [-0.4, -0.2) is 28.4 Å². The van der Waals surface area contributed by atoms with Crippen LogP contribution in [0, 0.1) is 0 Å². The number of aliphatic carboxylic acids is 1. The number of carboxylic acid groups (broad SMARTS) is 1. The molecule has 1 unspecified atom stereocenters. The van der Waals surface area contributed by atoms with E-state index in [1.807, 2.05) is 0 Å². The molecular formula is C5H11NO4. The maximum absolute atomic E-state index is 10.2. The highest BCUT2D eigenvalue weighted by atomic mass is 16.4. The van der Waals surface area contributed by atoms with Gasteiger partial charge >= 0.3 is 5.97 Å². The third-order valence-corrected chi connectivity index (χ3v) is 0.825. The average molecular weight is 149 g/mol. The predicted octanol–water partition coefficient (Wildman–Crippen LogP) is -1.45. The Hall–Kier alpha value is -0.940. The van der Waals surface area contributed by atoms with Gasteiger partial charge in [-0.05, 0) is 6.92 Å². The number of carbonyl (C=O) groups is 2. The van der Waals surface area contributed by atoms with Gasteiger partial charge in [-0.1, -0.05) is 0 Å². The van der Waals surface area contributed by atoms with Crippen LogP contribution in [0.1, 0.15) is 13.3 Å². The number of carbonyl (C=O) groups excluding carboxylic acids is 1. The van der Waals surface area contributed by atoms with Crippen LogP contribution >= 0.6 is 0 Å². The van der Waals surface area contributed by atoms with Gasteiger partial charge in [0.05, 0.1) is 0 Å². The smallest absolute Gasteiger partial charge is 0.320 e. The van der Waals surface area contributed by atoms with E-state index in [1.54, 1.807) is 0 Å². The lowest BCUT2D eigenvalue weighted by Crippen LogP contribution is -2.31. The fraction of sp³-hybridized carbons (Fsp3) is 0.600. The van der Waals surface area contributed by atoms with Crippen molar-refractivity contribution in [2.24, 2.45) is 5.73 Å². The second kappa shape index (κ2) is 4.89. The quantitative estimate of drug-likeness (QED) is 0.511. The van der Waals surface area contributed by atoms with Crippen LogP contribution in [-0.2, 0) is 9.59 Å². The second-order valence-electron chi connectivity index (χ2n) is 1.85. The summed E-state index contributed by atoms with van der Waals surface area (Å²) in [7, 11) is 0. The molecular weight excluding hydrogens is 138 g/mol. The van der Waals surface area contributed by atoms with Gasteiger partial charge in [-0.25, -0.2) is 0 Å². The average Bonchev–Trinajstić information content (AvgIpc) is 1.63. The highest BCUT2D eigenvalue weighted by molar-refractivity contribution is 5.83. The zero-order valence-electron chi connectivity index (χ0n) is 5.63. The van der Waals surface area contributed by atoms with Gasteiger partial charge in [0.2, 0.25) is 0 Å². The summed E-state index contributed by atoms with van der Waals surface area (Å²) in [6, 6.07) is -1.04. The van der Waals surface area contributed by atoms with Crippen molar-refractivity contribution in [3.05, 3.63) is 0 Å². The first kappa shape index (κ1) is 11.8. The molecule has 0 heterocycles. The summed E-state index contributed by atoms with van der Waals surface area (Å²) in [5.41, 5.74) is 5.00. The van der Waals surface area contributed by atoms with E-state index < -0.39 is 12.0 Å². The number of Topliss-reactive ketones (excluding diaryl/α,β-unsaturated/α-hetero) is 1. The van der Waals surface area contributed by atoms with Gasteiger partial charge < -0.3 is 16.3 Å². The molecule has 0 saturated heterocycles. The Morgan fingerprint density at radius 3 is 2.10 bits per heavy atom. The zero-order chi connectivity index (χ0) is 7.44. The number of carboxylic acids is 1. The molecule has 0 aliphatic carbocycles. The van der Waals surface area contributed by atoms with Crippen molar-refractivity contribution >= 4 is 11.8 Å². The topological polar surface area (TPSA) is 112 Å². The van der Waals surface area contributed by atoms with E-state index >= 15 is 0 Å². The van der Waals surface area contributed by atoms with E-state index in [-0.39, 0.29) is 17.7 Å². The molecule has 5 heteroatoms. The van der Waals surface area contributed by atoms with Gasteiger partial charge in [0.15, 0.2) is 0 Å². The molecule has 0 aromatic rings. The lowest BCUT2D eigenvalue weighted by atomic mass is 10.2. The third-order valence-electron chi connectivity index (χ3n) is 0.825. The van der Waals surface area contributed by atoms with Crippen molar-refractivity contribution < 1.29 is 20.2 Å². The van der Waals surface area contributed by atoms with Crippen molar-refractivity contribution in [3.63, 3.8) is 0 Å². The molecule has 0 fully saturated rings. The zero-order valence-corrected chi connectivity index (χ0v) is 5.63. The first-order chi connectivity index (χ1) is 4.04. The second-order valence-corrected chi connectivity index (χ2v) is 1.85. The summed E-state index contributed by atoms with van der Waals surface area (Å²) in [5, 5.41) is 8.15. The van der Waals surface area contributed by atoms with Crippen LogP contribution in [0.25, 0.3) is 0 Å². The SMILES string of the molecule is CC(=O)CC(N)C(=O)O.O. The van der Waals surface area contributed by atoms with Crippen LogP contribution in [0.3, 0.4) is 0 Å². The third kappa shape index (κ3) is 5.20. The van der Waals surface area contributed by atoms with Crippen LogP contribution < -0.4 is 5.73 Å². The molecule has 0 saturated carbocycles. The summed E-state index contributed by atoms with van der Waals surface area (Å²) in [4.78, 5) is 20.2. The van der Waals surface area contributed by atoms with E-state index in [2.05, 4.69) is 0 Å². The molecule has 1 atom stereocenters. The number of hydrogen-bond donors (Lipinski definition) is 2. The Morgan fingerprint density at radius 1 is 1.60 bits per heavy atom. The van der Waals surface area contributed by atoms with Crippen molar-refractivity contribution in [3.8, 4) is 0 Å². The molecule has 0 aromatic carbocycles. The van der Waals surface area contributed by atoms with Crippen molar-refractivity contribution in [2.45, 2.75) is 19.4 Å². The van der Waals surface area contributed by atoms with Crippen molar-refractivity contribution in [2.75, 3.05) is 0 Å². The summed E-state index contributed by atoms with van der Waals surface area (Å²) in [5.74, 6) is -1.34. The minimum Gasteiger partial charge on any atom is -0.480 e. The Labute approximate surface area is 58.1 Å². The van der Waals surface area contributed by atoms with Gasteiger partial charge in [0.1, 0.15) is 11.8 Å². The largest absolute Gasteiger partial charge is 0.480 e. The van der Waals surface area contributed by atoms with Gasteiger partial charge in [0.25, 0.3) is 0 Å². The monoisotopic (exact) mass is 149 g/mol. The van der Waals surface area contributed by atoms with Gasteiger partial charge in [-0.2, -0.15) is 0 Å². The van der Waals surface area contributed by atoms with Crippen molar-refractivity contribution in [1.82, 2.24) is 0 Å². The molecule has 0 radical (unpaired) electrons. The highest BCUT2D eigenvalue weighted by Gasteiger charge is 2.12. The van der Waals surface area contributed by atoms with Gasteiger partial charge in [-0.3, -0.25) is 9.59 Å². The number of rotatable bonds is 3. The predicted molar refractivity (Wildman–Crippen MR) is 34.5 cm³/mol. The maximum Gasteiger partial charge on any atom is 0.320 e. The minimum absolute atomic E-state index is 0. The fourth-order valence-electron chi connectivity index (χ4n) is 0.397. The van der Waals surface area contributed by atoms with E-state index in [0.29, 0.717) is 0 Å². The van der Waals surface area contributed by atoms with Crippen LogP contribution in [0.4, 0.5) is 0 Å². The van der Waals surface area contributed by atoms with Crippen molar-refractivity contribution in [1.29, 1.82) is 0 Å². The summed E-state index contributed by atoms with van der Waals surface area (Å²) in [6.45, 7) is 1.31. The Balaban J connectivity index is 0. The number of hydrogen-bond acceptors (Lipinski definition) is 3. The molecule has 0 bridgehead atoms. The lowest BCUT2D eigenvalue weighted by molar-refractivity contribution is -0.140. The number of nitrogens with two attached hydrogens (primary N) is 1. The van der Waals surface area contributed by atoms with Crippen LogP contribution in [0.5, 0.6) is 0 Å². The molecule has 0 rings (SSSR count). The fourth-order valence-corrected chi connectivity index (χ4v) is 0.397. The molecule has 0 amide bonds. The summed E-state index contributed by atoms with van der Waals surface area (Å²) in [6.07, 6.45) is -0.0880. The Morgan fingerprint density at radius 2 is 2.00 bits per heavy atom. The number of ketones is 1. The molecule has 0 aliphatic rings. The molecule has 0 aromatic heterocycles. The molecule has 60 valence electrons. The normalized spacial score (nSPS) is 11.4. The Kier molecular flexibility index (Phi) is 5.78. The van der Waals surface area contributed by atoms with Crippen LogP contribution in [0.15, 0.2) is 0 Å². The Bertz CT molecular complexity index is 134. The lowest BCUT2D eigenvalue weighted by Gasteiger charge is -2.00. The van der Waals surface area contributed by atoms with Gasteiger partial charge in [0, 0.05) is 6.42 Å². The van der Waals surface area contributed by atoms with E-state index in [1.165, 1.54) is 6.92 Å². The molecule has 5 nitrogen and oxygen atoms in total. The first-order valence-corrected chi connectivity index (χ1v) is 2.52. The molecule has 5 N–H and O–H groups in total. The molecule has 0 spiro atoms. The van der Waals surface area contributed by atoms with E-state index in [9.17, 15) is 9.59 Å². The van der Waals surface area contributed by atoms with E-state index in [4.69, 9.17) is 10.8 Å².